The fourth-order valence-electron chi connectivity index (χ4n) is 3.60. The lowest BCUT2D eigenvalue weighted by Gasteiger charge is -2.19. The summed E-state index contributed by atoms with van der Waals surface area (Å²) in [6.45, 7) is 8.19. The molecule has 4 rings (SSSR count). The van der Waals surface area contributed by atoms with Gasteiger partial charge in [0.15, 0.2) is 0 Å². The summed E-state index contributed by atoms with van der Waals surface area (Å²) in [5.74, 6) is -0.211. The van der Waals surface area contributed by atoms with E-state index in [1.807, 2.05) is 43.3 Å². The van der Waals surface area contributed by atoms with Crippen LogP contribution in [0, 0.1) is 6.92 Å². The number of carbonyl (C=O) groups is 1. The van der Waals surface area contributed by atoms with E-state index in [0.717, 1.165) is 16.8 Å². The predicted octanol–water partition coefficient (Wildman–Crippen LogP) is 5.66. The molecule has 0 saturated carbocycles. The number of hydrogen-bond acceptors (Lipinski definition) is 4. The average molecular weight is 459 g/mol. The molecule has 0 saturated heterocycles. The van der Waals surface area contributed by atoms with E-state index in [-0.39, 0.29) is 27.5 Å². The molecule has 1 aliphatic carbocycles. The highest BCUT2D eigenvalue weighted by Gasteiger charge is 2.26. The number of benzene rings is 3. The Kier molecular flexibility index (Phi) is 5.80. The standard InChI is InChI=1S/C27H26N2O3S/c1-18-9-13-20(14-10-18)28-25-17-24(22-7-5-6-8-23(22)26(25)30)29-33(31,32)21-15-11-19(12-16-21)27(2,3)4/h5-17,28H,1-4H3/b29-24-. The Bertz CT molecular complexity index is 1380. The van der Waals surface area contributed by atoms with Crippen molar-refractivity contribution in [3.63, 3.8) is 0 Å². The minimum atomic E-state index is -3.98. The zero-order valence-corrected chi connectivity index (χ0v) is 19.9. The molecule has 0 bridgehead atoms. The average Bonchev–Trinajstić information content (AvgIpc) is 2.78. The number of carbonyl (C=O) groups excluding carboxylic acids is 1. The number of Topliss-reactive ketones (excluding diaryl/α,β-unsaturated/α-hetero) is 1. The van der Waals surface area contributed by atoms with Crippen molar-refractivity contribution < 1.29 is 13.2 Å². The molecule has 0 aromatic heterocycles. The van der Waals surface area contributed by atoms with Crippen molar-refractivity contribution in [1.29, 1.82) is 0 Å². The van der Waals surface area contributed by atoms with Crippen LogP contribution in [0.5, 0.6) is 0 Å². The van der Waals surface area contributed by atoms with Gasteiger partial charge < -0.3 is 5.32 Å². The second-order valence-electron chi connectivity index (χ2n) is 9.15. The molecular formula is C27H26N2O3S. The highest BCUT2D eigenvalue weighted by Crippen LogP contribution is 2.27. The summed E-state index contributed by atoms with van der Waals surface area (Å²) in [5, 5.41) is 3.11. The van der Waals surface area contributed by atoms with E-state index in [1.54, 1.807) is 36.4 Å². The Morgan fingerprint density at radius 3 is 2.03 bits per heavy atom. The van der Waals surface area contributed by atoms with E-state index in [4.69, 9.17) is 0 Å². The highest BCUT2D eigenvalue weighted by atomic mass is 32.2. The van der Waals surface area contributed by atoms with Crippen molar-refractivity contribution in [1.82, 2.24) is 0 Å². The number of ketones is 1. The van der Waals surface area contributed by atoms with Gasteiger partial charge in [0.1, 0.15) is 0 Å². The number of nitrogens with one attached hydrogen (secondary N) is 1. The van der Waals surface area contributed by atoms with Gasteiger partial charge in [0.05, 0.1) is 16.3 Å². The SMILES string of the molecule is Cc1ccc(NC2=C/C(=N/S(=O)(=O)c3ccc(C(C)(C)C)cc3)c3ccccc3C2=O)cc1. The predicted molar refractivity (Wildman–Crippen MR) is 133 cm³/mol. The quantitative estimate of drug-likeness (QED) is 0.547. The number of allylic oxidation sites excluding steroid dienone is 2. The molecular weight excluding hydrogens is 432 g/mol. The van der Waals surface area contributed by atoms with Crippen LogP contribution in [0.25, 0.3) is 0 Å². The first-order chi connectivity index (χ1) is 15.5. The van der Waals surface area contributed by atoms with Crippen LogP contribution < -0.4 is 5.32 Å². The van der Waals surface area contributed by atoms with Crippen molar-refractivity contribution >= 4 is 27.2 Å². The fourth-order valence-corrected chi connectivity index (χ4v) is 4.59. The number of sulfonamides is 1. The van der Waals surface area contributed by atoms with Gasteiger partial charge >= 0.3 is 0 Å². The first-order valence-electron chi connectivity index (χ1n) is 10.7. The Balaban J connectivity index is 1.76. The Hall–Kier alpha value is -3.51. The molecule has 5 nitrogen and oxygen atoms in total. The van der Waals surface area contributed by atoms with Crippen molar-refractivity contribution in [2.45, 2.75) is 38.0 Å². The molecule has 168 valence electrons. The molecule has 6 heteroatoms. The van der Waals surface area contributed by atoms with Gasteiger partial charge in [0, 0.05) is 16.8 Å². The third-order valence-electron chi connectivity index (χ3n) is 5.54. The Morgan fingerprint density at radius 2 is 1.42 bits per heavy atom. The smallest absolute Gasteiger partial charge is 0.282 e. The maximum absolute atomic E-state index is 13.1. The first-order valence-corrected chi connectivity index (χ1v) is 12.1. The van der Waals surface area contributed by atoms with Crippen LogP contribution in [0.1, 0.15) is 47.8 Å². The van der Waals surface area contributed by atoms with Gasteiger partial charge in [-0.05, 0) is 48.2 Å². The highest BCUT2D eigenvalue weighted by molar-refractivity contribution is 7.90. The van der Waals surface area contributed by atoms with Crippen molar-refractivity contribution in [3.05, 3.63) is 107 Å². The topological polar surface area (TPSA) is 75.6 Å². The van der Waals surface area contributed by atoms with Gasteiger partial charge in [-0.3, -0.25) is 4.79 Å². The van der Waals surface area contributed by atoms with Gasteiger partial charge in [-0.1, -0.05) is 74.9 Å². The molecule has 0 fully saturated rings. The van der Waals surface area contributed by atoms with Crippen LogP contribution >= 0.6 is 0 Å². The summed E-state index contributed by atoms with van der Waals surface area (Å²) in [6.07, 6.45) is 1.51. The molecule has 0 atom stereocenters. The number of aryl methyl sites for hydroxylation is 1. The lowest BCUT2D eigenvalue weighted by molar-refractivity contribution is 0.103. The third kappa shape index (κ3) is 4.81. The van der Waals surface area contributed by atoms with E-state index < -0.39 is 10.0 Å². The lowest BCUT2D eigenvalue weighted by atomic mass is 9.87. The normalized spacial score (nSPS) is 15.2. The van der Waals surface area contributed by atoms with Crippen LogP contribution in [0.4, 0.5) is 5.69 Å². The molecule has 0 heterocycles. The summed E-state index contributed by atoms with van der Waals surface area (Å²) < 4.78 is 30.4. The maximum Gasteiger partial charge on any atom is 0.282 e. The minimum Gasteiger partial charge on any atom is -0.352 e. The second-order valence-corrected chi connectivity index (χ2v) is 10.8. The Morgan fingerprint density at radius 1 is 0.818 bits per heavy atom. The van der Waals surface area contributed by atoms with E-state index in [0.29, 0.717) is 11.1 Å². The summed E-state index contributed by atoms with van der Waals surface area (Å²) in [4.78, 5) is 13.2. The molecule has 0 amide bonds. The zero-order chi connectivity index (χ0) is 23.8. The van der Waals surface area contributed by atoms with Crippen LogP contribution in [-0.2, 0) is 15.4 Å². The largest absolute Gasteiger partial charge is 0.352 e. The lowest BCUT2D eigenvalue weighted by Crippen LogP contribution is -2.22. The minimum absolute atomic E-state index is 0.0872. The first kappa shape index (κ1) is 22.7. The summed E-state index contributed by atoms with van der Waals surface area (Å²) in [5.41, 5.74) is 4.18. The number of hydrogen-bond donors (Lipinski definition) is 1. The van der Waals surface area contributed by atoms with Crippen molar-refractivity contribution in [2.24, 2.45) is 4.40 Å². The molecule has 0 radical (unpaired) electrons. The molecule has 33 heavy (non-hydrogen) atoms. The van der Waals surface area contributed by atoms with Gasteiger partial charge in [0.25, 0.3) is 10.0 Å². The fraction of sp³-hybridized carbons (Fsp3) is 0.185. The number of nitrogens with zero attached hydrogens (tertiary/aromatic N) is 1. The Labute approximate surface area is 195 Å². The van der Waals surface area contributed by atoms with Gasteiger partial charge in [-0.25, -0.2) is 0 Å². The van der Waals surface area contributed by atoms with Crippen LogP contribution in [0.15, 0.2) is 93.9 Å². The molecule has 0 unspecified atom stereocenters. The molecule has 3 aromatic rings. The molecule has 1 N–H and O–H groups in total. The summed E-state index contributed by atoms with van der Waals surface area (Å²) in [7, 11) is -3.98. The second kappa shape index (κ2) is 8.45. The molecule has 3 aromatic carbocycles. The molecule has 1 aliphatic rings. The van der Waals surface area contributed by atoms with E-state index >= 15 is 0 Å². The molecule has 0 aliphatic heterocycles. The van der Waals surface area contributed by atoms with Crippen molar-refractivity contribution in [3.8, 4) is 0 Å². The van der Waals surface area contributed by atoms with Crippen molar-refractivity contribution in [2.75, 3.05) is 5.32 Å². The van der Waals surface area contributed by atoms with Crippen LogP contribution in [0.2, 0.25) is 0 Å². The third-order valence-corrected chi connectivity index (χ3v) is 6.85. The van der Waals surface area contributed by atoms with E-state index in [9.17, 15) is 13.2 Å². The van der Waals surface area contributed by atoms with E-state index in [1.165, 1.54) is 6.08 Å². The molecule has 0 spiro atoms. The van der Waals surface area contributed by atoms with Crippen LogP contribution in [0.3, 0.4) is 0 Å². The van der Waals surface area contributed by atoms with Crippen LogP contribution in [-0.4, -0.2) is 19.9 Å². The van der Waals surface area contributed by atoms with Gasteiger partial charge in [-0.15, -0.1) is 0 Å². The van der Waals surface area contributed by atoms with E-state index in [2.05, 4.69) is 30.5 Å². The maximum atomic E-state index is 13.1. The number of anilines is 1. The number of rotatable bonds is 4. The number of fused-ring (bicyclic) bond motifs is 1. The monoisotopic (exact) mass is 458 g/mol. The van der Waals surface area contributed by atoms with Gasteiger partial charge in [0.2, 0.25) is 5.78 Å². The zero-order valence-electron chi connectivity index (χ0n) is 19.1. The summed E-state index contributed by atoms with van der Waals surface area (Å²) in [6, 6.07) is 21.3. The van der Waals surface area contributed by atoms with Gasteiger partial charge in [-0.2, -0.15) is 12.8 Å². The summed E-state index contributed by atoms with van der Waals surface area (Å²) >= 11 is 0.